The van der Waals surface area contributed by atoms with Gasteiger partial charge in [0.2, 0.25) is 5.91 Å². The highest BCUT2D eigenvalue weighted by molar-refractivity contribution is 6.07. The molecule has 3 rings (SSSR count). The predicted octanol–water partition coefficient (Wildman–Crippen LogP) is -0.471. The van der Waals surface area contributed by atoms with Crippen molar-refractivity contribution in [2.24, 2.45) is 5.73 Å². The van der Waals surface area contributed by atoms with E-state index in [9.17, 15) is 19.2 Å². The summed E-state index contributed by atoms with van der Waals surface area (Å²) in [5, 5.41) is 4.91. The van der Waals surface area contributed by atoms with E-state index in [-0.39, 0.29) is 18.2 Å². The first-order chi connectivity index (χ1) is 11.4. The van der Waals surface area contributed by atoms with Crippen molar-refractivity contribution in [3.05, 3.63) is 35.4 Å². The van der Waals surface area contributed by atoms with Crippen molar-refractivity contribution >= 4 is 23.8 Å². The molecule has 126 valence electrons. The molecule has 2 aliphatic heterocycles. The van der Waals surface area contributed by atoms with E-state index in [1.165, 1.54) is 0 Å². The molecule has 24 heavy (non-hydrogen) atoms. The third-order valence-electron chi connectivity index (χ3n) is 4.50. The van der Waals surface area contributed by atoms with E-state index in [4.69, 9.17) is 5.73 Å². The molecule has 2 saturated heterocycles. The summed E-state index contributed by atoms with van der Waals surface area (Å²) in [5.41, 5.74) is 5.52. The first-order valence-corrected chi connectivity index (χ1v) is 7.70. The molecular formula is C16H18N4O4. The summed E-state index contributed by atoms with van der Waals surface area (Å²) < 4.78 is 0. The highest BCUT2D eigenvalue weighted by atomic mass is 16.2. The maximum atomic E-state index is 12.5. The topological polar surface area (TPSA) is 122 Å². The smallest absolute Gasteiger partial charge is 0.322 e. The summed E-state index contributed by atoms with van der Waals surface area (Å²) in [6.07, 6.45) is 0.904. The van der Waals surface area contributed by atoms with Crippen molar-refractivity contribution in [1.29, 1.82) is 0 Å². The number of imide groups is 1. The van der Waals surface area contributed by atoms with Gasteiger partial charge in [0.15, 0.2) is 0 Å². The summed E-state index contributed by atoms with van der Waals surface area (Å²) in [4.78, 5) is 48.3. The molecule has 1 spiro atoms. The normalized spacial score (nSPS) is 19.1. The second-order valence-corrected chi connectivity index (χ2v) is 6.12. The van der Waals surface area contributed by atoms with E-state index in [1.807, 2.05) is 0 Å². The lowest BCUT2D eigenvalue weighted by Gasteiger charge is -2.37. The van der Waals surface area contributed by atoms with Gasteiger partial charge in [-0.25, -0.2) is 4.79 Å². The van der Waals surface area contributed by atoms with Gasteiger partial charge in [-0.05, 0) is 30.5 Å². The molecule has 1 aromatic rings. The van der Waals surface area contributed by atoms with Crippen molar-refractivity contribution < 1.29 is 19.2 Å². The van der Waals surface area contributed by atoms with Crippen molar-refractivity contribution in [3.63, 3.8) is 0 Å². The van der Waals surface area contributed by atoms with E-state index >= 15 is 0 Å². The van der Waals surface area contributed by atoms with Gasteiger partial charge in [0.1, 0.15) is 5.54 Å². The summed E-state index contributed by atoms with van der Waals surface area (Å²) >= 11 is 0. The molecule has 0 atom stereocenters. The van der Waals surface area contributed by atoms with Crippen LogP contribution in [0.4, 0.5) is 4.79 Å². The van der Waals surface area contributed by atoms with E-state index in [0.29, 0.717) is 31.5 Å². The van der Waals surface area contributed by atoms with Gasteiger partial charge in [0.05, 0.1) is 6.42 Å². The minimum absolute atomic E-state index is 0.134. The Balaban J connectivity index is 1.64. The Labute approximate surface area is 138 Å². The summed E-state index contributed by atoms with van der Waals surface area (Å²) in [7, 11) is 0. The molecule has 8 heteroatoms. The summed E-state index contributed by atoms with van der Waals surface area (Å²) in [5.74, 6) is -0.886. The number of hydrogen-bond donors (Lipinski definition) is 3. The second-order valence-electron chi connectivity index (χ2n) is 6.12. The number of urea groups is 1. The Bertz CT molecular complexity index is 705. The molecule has 2 aliphatic rings. The molecule has 2 fully saturated rings. The average Bonchev–Trinajstić information content (AvgIpc) is 2.81. The largest absolute Gasteiger partial charge is 0.369 e. The molecule has 0 aromatic heterocycles. The van der Waals surface area contributed by atoms with Gasteiger partial charge < -0.3 is 16.0 Å². The number of carbonyl (C=O) groups is 4. The first-order valence-electron chi connectivity index (χ1n) is 7.70. The van der Waals surface area contributed by atoms with E-state index in [2.05, 4.69) is 10.6 Å². The number of nitrogens with one attached hydrogen (secondary N) is 2. The number of carbonyl (C=O) groups excluding carboxylic acids is 4. The maximum Gasteiger partial charge on any atom is 0.322 e. The fourth-order valence-corrected chi connectivity index (χ4v) is 3.12. The third kappa shape index (κ3) is 2.94. The van der Waals surface area contributed by atoms with Crippen LogP contribution in [0.15, 0.2) is 24.3 Å². The number of primary amides is 1. The van der Waals surface area contributed by atoms with Gasteiger partial charge in [0.25, 0.3) is 11.8 Å². The van der Waals surface area contributed by atoms with E-state index in [0.717, 1.165) is 5.56 Å². The standard InChI is InChI=1S/C16H18N4O4/c17-12(21)9-10-1-3-11(4-2-10)13(22)20-7-5-16(6-8-20)14(23)18-15(24)19-16/h1-4H,5-9H2,(H2,17,21)(H2,18,19,23,24). The Kier molecular flexibility index (Phi) is 3.96. The Hall–Kier alpha value is -2.90. The molecule has 8 nitrogen and oxygen atoms in total. The zero-order valence-corrected chi connectivity index (χ0v) is 13.0. The third-order valence-corrected chi connectivity index (χ3v) is 4.50. The summed E-state index contributed by atoms with van der Waals surface area (Å²) in [6, 6.07) is 6.25. The molecule has 0 saturated carbocycles. The predicted molar refractivity (Wildman–Crippen MR) is 83.9 cm³/mol. The van der Waals surface area contributed by atoms with Gasteiger partial charge in [-0.2, -0.15) is 0 Å². The zero-order chi connectivity index (χ0) is 17.3. The number of piperidine rings is 1. The van der Waals surface area contributed by atoms with Gasteiger partial charge in [0, 0.05) is 18.7 Å². The van der Waals surface area contributed by atoms with Crippen molar-refractivity contribution in [1.82, 2.24) is 15.5 Å². The monoisotopic (exact) mass is 330 g/mol. The molecule has 1 aromatic carbocycles. The van der Waals surface area contributed by atoms with Crippen molar-refractivity contribution in [2.45, 2.75) is 24.8 Å². The van der Waals surface area contributed by atoms with Crippen molar-refractivity contribution in [2.75, 3.05) is 13.1 Å². The van der Waals surface area contributed by atoms with Crippen LogP contribution in [0, 0.1) is 0 Å². The van der Waals surface area contributed by atoms with Crippen LogP contribution in [0.3, 0.4) is 0 Å². The van der Waals surface area contributed by atoms with Crippen LogP contribution in [-0.4, -0.2) is 47.3 Å². The lowest BCUT2D eigenvalue weighted by Crippen LogP contribution is -2.55. The number of hydrogen-bond acceptors (Lipinski definition) is 4. The van der Waals surface area contributed by atoms with Crippen LogP contribution in [0.1, 0.15) is 28.8 Å². The fraction of sp³-hybridized carbons (Fsp3) is 0.375. The van der Waals surface area contributed by atoms with Gasteiger partial charge in [-0.15, -0.1) is 0 Å². The number of rotatable bonds is 3. The van der Waals surface area contributed by atoms with Gasteiger partial charge in [-0.3, -0.25) is 19.7 Å². The highest BCUT2D eigenvalue weighted by Gasteiger charge is 2.48. The Morgan fingerprint density at radius 2 is 1.75 bits per heavy atom. The number of benzene rings is 1. The molecule has 0 unspecified atom stereocenters. The van der Waals surface area contributed by atoms with Crippen LogP contribution in [0.25, 0.3) is 0 Å². The molecule has 5 amide bonds. The molecule has 2 heterocycles. The number of likely N-dealkylation sites (tertiary alicyclic amines) is 1. The van der Waals surface area contributed by atoms with Crippen LogP contribution in [-0.2, 0) is 16.0 Å². The molecule has 4 N–H and O–H groups in total. The average molecular weight is 330 g/mol. The molecule has 0 radical (unpaired) electrons. The van der Waals surface area contributed by atoms with Gasteiger partial charge in [-0.1, -0.05) is 12.1 Å². The highest BCUT2D eigenvalue weighted by Crippen LogP contribution is 2.26. The Morgan fingerprint density at radius 1 is 1.12 bits per heavy atom. The molecular weight excluding hydrogens is 312 g/mol. The first kappa shape index (κ1) is 16.0. The minimum atomic E-state index is -0.890. The number of amides is 5. The van der Waals surface area contributed by atoms with Crippen LogP contribution < -0.4 is 16.4 Å². The SMILES string of the molecule is NC(=O)Cc1ccc(C(=O)N2CCC3(CC2)NC(=O)NC3=O)cc1. The van der Waals surface area contributed by atoms with Crippen LogP contribution >= 0.6 is 0 Å². The lowest BCUT2D eigenvalue weighted by molar-refractivity contribution is -0.125. The molecule has 0 bridgehead atoms. The Morgan fingerprint density at radius 3 is 2.25 bits per heavy atom. The zero-order valence-electron chi connectivity index (χ0n) is 13.0. The van der Waals surface area contributed by atoms with E-state index in [1.54, 1.807) is 29.2 Å². The van der Waals surface area contributed by atoms with E-state index < -0.39 is 17.5 Å². The fourth-order valence-electron chi connectivity index (χ4n) is 3.12. The number of nitrogens with zero attached hydrogens (tertiary/aromatic N) is 1. The summed E-state index contributed by atoms with van der Waals surface area (Å²) in [6.45, 7) is 0.769. The van der Waals surface area contributed by atoms with Gasteiger partial charge >= 0.3 is 6.03 Å². The van der Waals surface area contributed by atoms with Crippen LogP contribution in [0.2, 0.25) is 0 Å². The molecule has 0 aliphatic carbocycles. The number of nitrogens with two attached hydrogens (primary N) is 1. The lowest BCUT2D eigenvalue weighted by atomic mass is 9.87. The van der Waals surface area contributed by atoms with Crippen LogP contribution in [0.5, 0.6) is 0 Å². The minimum Gasteiger partial charge on any atom is -0.369 e. The quantitative estimate of drug-likeness (QED) is 0.648. The second kappa shape index (κ2) is 5.95. The van der Waals surface area contributed by atoms with Crippen molar-refractivity contribution in [3.8, 4) is 0 Å². The maximum absolute atomic E-state index is 12.5.